The minimum Gasteiger partial charge on any atom is -0.324 e. The maximum absolute atomic E-state index is 12.1. The number of hydrogen-bond donors (Lipinski definition) is 4. The summed E-state index contributed by atoms with van der Waals surface area (Å²) in [6.07, 6.45) is -0.549. The predicted octanol–water partition coefficient (Wildman–Crippen LogP) is 4.97. The molecule has 2 aromatic carbocycles. The highest BCUT2D eigenvalue weighted by atomic mass is 35.5. The van der Waals surface area contributed by atoms with Gasteiger partial charge in [0, 0.05) is 26.4 Å². The summed E-state index contributed by atoms with van der Waals surface area (Å²) in [7, 11) is -4.32. The molecule has 0 radical (unpaired) electrons. The number of carbonyl (C=O) groups is 1. The second-order valence-electron chi connectivity index (χ2n) is 4.86. The van der Waals surface area contributed by atoms with E-state index in [0.29, 0.717) is 20.8 Å². The topological polar surface area (TPSA) is 98.7 Å². The Labute approximate surface area is 152 Å². The number of amides is 2. The Morgan fingerprint density at radius 2 is 1.58 bits per heavy atom. The highest BCUT2D eigenvalue weighted by molar-refractivity contribution is 7.50. The van der Waals surface area contributed by atoms with Gasteiger partial charge in [-0.1, -0.05) is 34.8 Å². The van der Waals surface area contributed by atoms with Crippen LogP contribution < -0.4 is 10.6 Å². The molecule has 0 bridgehead atoms. The molecule has 2 aromatic rings. The van der Waals surface area contributed by atoms with Gasteiger partial charge in [0.05, 0.1) is 6.16 Å². The number of carbonyl (C=O) groups excluding carboxylic acids is 1. The summed E-state index contributed by atoms with van der Waals surface area (Å²) in [5.41, 5.74) is 0.818. The monoisotopic (exact) mass is 408 g/mol. The van der Waals surface area contributed by atoms with Gasteiger partial charge in [0.15, 0.2) is 0 Å². The average molecular weight is 410 g/mol. The first-order valence-corrected chi connectivity index (χ1v) is 9.43. The number of urea groups is 1. The van der Waals surface area contributed by atoms with Gasteiger partial charge in [0.2, 0.25) is 0 Å². The zero-order chi connectivity index (χ0) is 17.9. The van der Waals surface area contributed by atoms with Crippen molar-refractivity contribution in [1.82, 2.24) is 0 Å². The summed E-state index contributed by atoms with van der Waals surface area (Å²) in [5.74, 6) is 0. The Balaban J connectivity index is 2.18. The largest absolute Gasteiger partial charge is 0.329 e. The molecule has 0 aliphatic heterocycles. The Hall–Kier alpha value is -1.27. The molecule has 0 saturated heterocycles. The van der Waals surface area contributed by atoms with Crippen molar-refractivity contribution in [2.45, 2.75) is 6.16 Å². The molecule has 10 heteroatoms. The second-order valence-corrected chi connectivity index (χ2v) is 7.82. The van der Waals surface area contributed by atoms with E-state index in [4.69, 9.17) is 44.6 Å². The van der Waals surface area contributed by atoms with Gasteiger partial charge in [-0.15, -0.1) is 0 Å². The van der Waals surface area contributed by atoms with Crippen LogP contribution in [0.15, 0.2) is 36.4 Å². The summed E-state index contributed by atoms with van der Waals surface area (Å²) >= 11 is 17.5. The molecule has 0 aliphatic rings. The van der Waals surface area contributed by atoms with Crippen molar-refractivity contribution >= 4 is 59.8 Å². The van der Waals surface area contributed by atoms with Gasteiger partial charge in [-0.05, 0) is 42.0 Å². The van der Waals surface area contributed by atoms with Crippen LogP contribution in [0.5, 0.6) is 0 Å². The number of halogens is 3. The van der Waals surface area contributed by atoms with Crippen molar-refractivity contribution in [2.24, 2.45) is 0 Å². The van der Waals surface area contributed by atoms with Crippen LogP contribution in [0.4, 0.5) is 16.2 Å². The number of hydrogen-bond acceptors (Lipinski definition) is 2. The fourth-order valence-electron chi connectivity index (χ4n) is 1.95. The van der Waals surface area contributed by atoms with Gasteiger partial charge in [0.1, 0.15) is 0 Å². The van der Waals surface area contributed by atoms with Crippen molar-refractivity contribution in [3.8, 4) is 0 Å². The highest BCUT2D eigenvalue weighted by Crippen LogP contribution is 2.41. The minimum atomic E-state index is -4.32. The molecule has 0 spiro atoms. The lowest BCUT2D eigenvalue weighted by molar-refractivity contribution is 0.262. The van der Waals surface area contributed by atoms with Crippen LogP contribution in [-0.4, -0.2) is 15.8 Å². The van der Waals surface area contributed by atoms with Crippen LogP contribution in [0.25, 0.3) is 0 Å². The van der Waals surface area contributed by atoms with Crippen molar-refractivity contribution in [3.63, 3.8) is 0 Å². The standard InChI is InChI=1S/C14H12Cl3N2O4P/c15-9-1-2-13(8(3-9)7-24(21,22)23)19-14(20)18-12-5-10(16)4-11(17)6-12/h1-6H,7H2,(H2,18,19,20)(H2,21,22,23). The fourth-order valence-corrected chi connectivity index (χ4v) is 3.37. The number of rotatable bonds is 4. The summed E-state index contributed by atoms with van der Waals surface area (Å²) in [5, 5.41) is 6.04. The average Bonchev–Trinajstić information content (AvgIpc) is 2.38. The maximum atomic E-state index is 12.1. The molecule has 128 valence electrons. The Bertz CT molecular complexity index is 805. The Kier molecular flexibility index (Phi) is 6.15. The van der Waals surface area contributed by atoms with Gasteiger partial charge < -0.3 is 20.4 Å². The molecule has 0 heterocycles. The van der Waals surface area contributed by atoms with E-state index >= 15 is 0 Å². The molecular formula is C14H12Cl3N2O4P. The number of benzene rings is 2. The van der Waals surface area contributed by atoms with Gasteiger partial charge in [0.25, 0.3) is 0 Å². The molecule has 2 rings (SSSR count). The predicted molar refractivity (Wildman–Crippen MR) is 96.3 cm³/mol. The van der Waals surface area contributed by atoms with Crippen molar-refractivity contribution in [3.05, 3.63) is 57.0 Å². The lowest BCUT2D eigenvalue weighted by atomic mass is 10.2. The van der Waals surface area contributed by atoms with Crippen LogP contribution in [-0.2, 0) is 10.7 Å². The first-order chi connectivity index (χ1) is 11.1. The summed E-state index contributed by atoms with van der Waals surface area (Å²) in [6.45, 7) is 0. The van der Waals surface area contributed by atoms with E-state index < -0.39 is 19.8 Å². The van der Waals surface area contributed by atoms with Crippen LogP contribution in [0.3, 0.4) is 0 Å². The first kappa shape index (κ1) is 19.1. The van der Waals surface area contributed by atoms with Crippen molar-refractivity contribution < 1.29 is 19.1 Å². The highest BCUT2D eigenvalue weighted by Gasteiger charge is 2.18. The van der Waals surface area contributed by atoms with E-state index in [1.165, 1.54) is 36.4 Å². The van der Waals surface area contributed by atoms with Crippen LogP contribution in [0.2, 0.25) is 15.1 Å². The third-order valence-corrected chi connectivity index (χ3v) is 4.24. The second kappa shape index (κ2) is 7.74. The van der Waals surface area contributed by atoms with Crippen molar-refractivity contribution in [2.75, 3.05) is 10.6 Å². The Morgan fingerprint density at radius 1 is 0.958 bits per heavy atom. The van der Waals surface area contributed by atoms with Gasteiger partial charge in [-0.25, -0.2) is 4.79 Å². The van der Waals surface area contributed by atoms with Gasteiger partial charge >= 0.3 is 13.6 Å². The zero-order valence-electron chi connectivity index (χ0n) is 12.0. The summed E-state index contributed by atoms with van der Waals surface area (Å²) in [6, 6.07) is 8.24. The van der Waals surface area contributed by atoms with Crippen molar-refractivity contribution in [1.29, 1.82) is 0 Å². The molecule has 0 fully saturated rings. The molecule has 24 heavy (non-hydrogen) atoms. The molecule has 0 aliphatic carbocycles. The molecule has 0 atom stereocenters. The van der Waals surface area contributed by atoms with E-state index in [1.54, 1.807) is 0 Å². The molecule has 0 aromatic heterocycles. The third-order valence-electron chi connectivity index (χ3n) is 2.81. The van der Waals surface area contributed by atoms with Crippen LogP contribution >= 0.6 is 42.4 Å². The first-order valence-electron chi connectivity index (χ1n) is 6.49. The molecular weight excluding hydrogens is 397 g/mol. The minimum absolute atomic E-state index is 0.218. The number of nitrogens with one attached hydrogen (secondary N) is 2. The summed E-state index contributed by atoms with van der Waals surface area (Å²) < 4.78 is 11.2. The molecule has 6 nitrogen and oxygen atoms in total. The van der Waals surface area contributed by atoms with E-state index in [9.17, 15) is 9.36 Å². The zero-order valence-corrected chi connectivity index (χ0v) is 15.1. The Morgan fingerprint density at radius 3 is 2.17 bits per heavy atom. The smallest absolute Gasteiger partial charge is 0.324 e. The normalized spacial score (nSPS) is 11.2. The lowest BCUT2D eigenvalue weighted by Gasteiger charge is -2.13. The van der Waals surface area contributed by atoms with E-state index in [0.717, 1.165) is 0 Å². The number of anilines is 2. The fraction of sp³-hybridized carbons (Fsp3) is 0.0714. The van der Waals surface area contributed by atoms with Crippen LogP contribution in [0.1, 0.15) is 5.56 Å². The third kappa shape index (κ3) is 5.98. The molecule has 0 unspecified atom stereocenters. The van der Waals surface area contributed by atoms with Gasteiger partial charge in [-0.2, -0.15) is 0 Å². The maximum Gasteiger partial charge on any atom is 0.329 e. The van der Waals surface area contributed by atoms with E-state index in [1.807, 2.05) is 0 Å². The molecule has 2 amide bonds. The van der Waals surface area contributed by atoms with Crippen LogP contribution in [0, 0.1) is 0 Å². The molecule has 4 N–H and O–H groups in total. The summed E-state index contributed by atoms with van der Waals surface area (Å²) in [4.78, 5) is 30.3. The SMILES string of the molecule is O=C(Nc1cc(Cl)cc(Cl)c1)Nc1ccc(Cl)cc1CP(=O)(O)O. The van der Waals surface area contributed by atoms with E-state index in [2.05, 4.69) is 10.6 Å². The molecule has 0 saturated carbocycles. The van der Waals surface area contributed by atoms with E-state index in [-0.39, 0.29) is 11.3 Å². The lowest BCUT2D eigenvalue weighted by Crippen LogP contribution is -2.20. The van der Waals surface area contributed by atoms with Gasteiger partial charge in [-0.3, -0.25) is 4.57 Å². The quantitative estimate of drug-likeness (QED) is 0.536.